The van der Waals surface area contributed by atoms with Crippen LogP contribution in [0.2, 0.25) is 0 Å². The lowest BCUT2D eigenvalue weighted by molar-refractivity contribution is 0.103. The van der Waals surface area contributed by atoms with E-state index in [1.165, 1.54) is 25.8 Å². The van der Waals surface area contributed by atoms with Crippen LogP contribution >= 0.6 is 0 Å². The van der Waals surface area contributed by atoms with Gasteiger partial charge in [0.1, 0.15) is 17.8 Å². The Hall–Kier alpha value is -2.43. The van der Waals surface area contributed by atoms with Gasteiger partial charge in [0.2, 0.25) is 0 Å². The van der Waals surface area contributed by atoms with Crippen molar-refractivity contribution >= 4 is 5.78 Å². The summed E-state index contributed by atoms with van der Waals surface area (Å²) in [5.41, 5.74) is 0.829. The van der Waals surface area contributed by atoms with Crippen LogP contribution in [0.15, 0.2) is 36.9 Å². The van der Waals surface area contributed by atoms with E-state index < -0.39 is 0 Å². The van der Waals surface area contributed by atoms with Gasteiger partial charge in [-0.25, -0.2) is 9.97 Å². The number of nitrogens with zero attached hydrogens (tertiary/aromatic N) is 2. The SMILES string of the molecule is COc1ccc(OC)c(C(=O)c2cncnc2)c1. The molecule has 1 aromatic heterocycles. The van der Waals surface area contributed by atoms with E-state index in [9.17, 15) is 4.79 Å². The summed E-state index contributed by atoms with van der Waals surface area (Å²) in [5, 5.41) is 0. The highest BCUT2D eigenvalue weighted by Gasteiger charge is 2.15. The van der Waals surface area contributed by atoms with E-state index >= 15 is 0 Å². The van der Waals surface area contributed by atoms with Crippen molar-refractivity contribution in [2.24, 2.45) is 0 Å². The first-order valence-electron chi connectivity index (χ1n) is 5.28. The Morgan fingerprint density at radius 3 is 2.44 bits per heavy atom. The molecule has 0 unspecified atom stereocenters. The maximum absolute atomic E-state index is 12.3. The lowest BCUT2D eigenvalue weighted by atomic mass is 10.0. The fraction of sp³-hybridized carbons (Fsp3) is 0.154. The molecule has 0 fully saturated rings. The number of benzene rings is 1. The molecule has 92 valence electrons. The van der Waals surface area contributed by atoms with Crippen molar-refractivity contribution in [3.8, 4) is 11.5 Å². The van der Waals surface area contributed by atoms with Gasteiger partial charge in [-0.3, -0.25) is 4.79 Å². The highest BCUT2D eigenvalue weighted by atomic mass is 16.5. The minimum atomic E-state index is -0.202. The summed E-state index contributed by atoms with van der Waals surface area (Å²) in [4.78, 5) is 19.9. The summed E-state index contributed by atoms with van der Waals surface area (Å²) in [5.74, 6) is 0.881. The van der Waals surface area contributed by atoms with E-state index in [-0.39, 0.29) is 5.78 Å². The smallest absolute Gasteiger partial charge is 0.199 e. The fourth-order valence-corrected chi connectivity index (χ4v) is 1.56. The lowest BCUT2D eigenvalue weighted by Gasteiger charge is -2.09. The summed E-state index contributed by atoms with van der Waals surface area (Å²) < 4.78 is 10.3. The first-order chi connectivity index (χ1) is 8.76. The third-order valence-electron chi connectivity index (χ3n) is 2.47. The third-order valence-corrected chi connectivity index (χ3v) is 2.47. The molecule has 1 heterocycles. The molecule has 0 spiro atoms. The summed E-state index contributed by atoms with van der Waals surface area (Å²) in [6.07, 6.45) is 4.31. The van der Waals surface area contributed by atoms with Crippen molar-refractivity contribution < 1.29 is 14.3 Å². The van der Waals surface area contributed by atoms with Gasteiger partial charge in [-0.05, 0) is 18.2 Å². The number of ketones is 1. The van der Waals surface area contributed by atoms with Crippen LogP contribution in [-0.2, 0) is 0 Å². The fourth-order valence-electron chi connectivity index (χ4n) is 1.56. The molecule has 0 radical (unpaired) electrons. The van der Waals surface area contributed by atoms with Gasteiger partial charge in [0.25, 0.3) is 0 Å². The number of carbonyl (C=O) groups is 1. The van der Waals surface area contributed by atoms with Crippen LogP contribution in [-0.4, -0.2) is 30.0 Å². The molecule has 18 heavy (non-hydrogen) atoms. The second kappa shape index (κ2) is 5.27. The van der Waals surface area contributed by atoms with Gasteiger partial charge in [0.15, 0.2) is 5.78 Å². The molecule has 0 N–H and O–H groups in total. The van der Waals surface area contributed by atoms with Crippen LogP contribution < -0.4 is 9.47 Å². The van der Waals surface area contributed by atoms with Crippen LogP contribution in [0.25, 0.3) is 0 Å². The molecule has 1 aromatic carbocycles. The molecule has 0 saturated carbocycles. The van der Waals surface area contributed by atoms with Crippen molar-refractivity contribution in [3.05, 3.63) is 48.0 Å². The molecule has 0 aliphatic heterocycles. The second-order valence-corrected chi connectivity index (χ2v) is 3.52. The number of carbonyl (C=O) groups excluding carboxylic acids is 1. The van der Waals surface area contributed by atoms with Gasteiger partial charge in [-0.15, -0.1) is 0 Å². The molecule has 5 nitrogen and oxygen atoms in total. The van der Waals surface area contributed by atoms with Crippen LogP contribution in [0, 0.1) is 0 Å². The topological polar surface area (TPSA) is 61.3 Å². The second-order valence-electron chi connectivity index (χ2n) is 3.52. The van der Waals surface area contributed by atoms with E-state index in [2.05, 4.69) is 9.97 Å². The summed E-state index contributed by atoms with van der Waals surface area (Å²) in [6.45, 7) is 0. The van der Waals surface area contributed by atoms with Crippen LogP contribution in [0.5, 0.6) is 11.5 Å². The lowest BCUT2D eigenvalue weighted by Crippen LogP contribution is -2.05. The number of ether oxygens (including phenoxy) is 2. The van der Waals surface area contributed by atoms with Crippen molar-refractivity contribution in [3.63, 3.8) is 0 Å². The van der Waals surface area contributed by atoms with Crippen molar-refractivity contribution in [2.75, 3.05) is 14.2 Å². The van der Waals surface area contributed by atoms with Crippen LogP contribution in [0.4, 0.5) is 0 Å². The molecule has 2 aromatic rings. The molecule has 0 saturated heterocycles. The predicted octanol–water partition coefficient (Wildman–Crippen LogP) is 1.72. The van der Waals surface area contributed by atoms with E-state index in [0.29, 0.717) is 22.6 Å². The first kappa shape index (κ1) is 12.0. The number of methoxy groups -OCH3 is 2. The quantitative estimate of drug-likeness (QED) is 0.766. The van der Waals surface area contributed by atoms with E-state index in [1.54, 1.807) is 25.3 Å². The normalized spacial score (nSPS) is 9.89. The average Bonchev–Trinajstić information content (AvgIpc) is 2.46. The van der Waals surface area contributed by atoms with Crippen molar-refractivity contribution in [1.29, 1.82) is 0 Å². The van der Waals surface area contributed by atoms with Crippen LogP contribution in [0.3, 0.4) is 0 Å². The molecular formula is C13H12N2O3. The highest BCUT2D eigenvalue weighted by Crippen LogP contribution is 2.25. The zero-order valence-electron chi connectivity index (χ0n) is 10.1. The largest absolute Gasteiger partial charge is 0.497 e. The Kier molecular flexibility index (Phi) is 3.52. The zero-order valence-corrected chi connectivity index (χ0v) is 10.1. The molecule has 0 amide bonds. The Morgan fingerprint density at radius 1 is 1.11 bits per heavy atom. The maximum Gasteiger partial charge on any atom is 0.199 e. The molecular weight excluding hydrogens is 232 g/mol. The number of rotatable bonds is 4. The van der Waals surface area contributed by atoms with Gasteiger partial charge in [-0.1, -0.05) is 0 Å². The highest BCUT2D eigenvalue weighted by molar-refractivity contribution is 6.10. The van der Waals surface area contributed by atoms with Crippen LogP contribution in [0.1, 0.15) is 15.9 Å². The van der Waals surface area contributed by atoms with E-state index in [4.69, 9.17) is 9.47 Å². The Bertz CT molecular complexity index is 555. The van der Waals surface area contributed by atoms with E-state index in [1.807, 2.05) is 0 Å². The molecule has 5 heteroatoms. The van der Waals surface area contributed by atoms with Gasteiger partial charge >= 0.3 is 0 Å². The minimum absolute atomic E-state index is 0.202. The van der Waals surface area contributed by atoms with Crippen molar-refractivity contribution in [1.82, 2.24) is 9.97 Å². The van der Waals surface area contributed by atoms with Gasteiger partial charge < -0.3 is 9.47 Å². The van der Waals surface area contributed by atoms with Gasteiger partial charge in [0, 0.05) is 12.4 Å². The minimum Gasteiger partial charge on any atom is -0.497 e. The van der Waals surface area contributed by atoms with Crippen molar-refractivity contribution in [2.45, 2.75) is 0 Å². The molecule has 0 atom stereocenters. The number of aromatic nitrogens is 2. The summed E-state index contributed by atoms with van der Waals surface area (Å²) >= 11 is 0. The van der Waals surface area contributed by atoms with E-state index in [0.717, 1.165) is 0 Å². The number of hydrogen-bond acceptors (Lipinski definition) is 5. The molecule has 0 bridgehead atoms. The molecule has 2 rings (SSSR count). The zero-order chi connectivity index (χ0) is 13.0. The predicted molar refractivity (Wildman–Crippen MR) is 65.0 cm³/mol. The molecule has 0 aliphatic rings. The third kappa shape index (κ3) is 2.29. The Morgan fingerprint density at radius 2 is 1.83 bits per heavy atom. The standard InChI is InChI=1S/C13H12N2O3/c1-17-10-3-4-12(18-2)11(5-10)13(16)9-6-14-8-15-7-9/h3-8H,1-2H3. The summed E-state index contributed by atoms with van der Waals surface area (Å²) in [6, 6.07) is 5.06. The summed E-state index contributed by atoms with van der Waals surface area (Å²) in [7, 11) is 3.06. The Balaban J connectivity index is 2.46. The first-order valence-corrected chi connectivity index (χ1v) is 5.28. The molecule has 0 aliphatic carbocycles. The van der Waals surface area contributed by atoms with Gasteiger partial charge in [0.05, 0.1) is 25.3 Å². The average molecular weight is 244 g/mol. The number of hydrogen-bond donors (Lipinski definition) is 0. The maximum atomic E-state index is 12.3. The monoisotopic (exact) mass is 244 g/mol. The Labute approximate surface area is 104 Å². The van der Waals surface area contributed by atoms with Gasteiger partial charge in [-0.2, -0.15) is 0 Å².